The molecule has 1 aromatic carbocycles. The van der Waals surface area contributed by atoms with Gasteiger partial charge in [0.05, 0.1) is 13.6 Å². The Bertz CT molecular complexity index is 698. The van der Waals surface area contributed by atoms with E-state index in [1.165, 1.54) is 28.3 Å². The van der Waals surface area contributed by atoms with Crippen LogP contribution in [0.3, 0.4) is 0 Å². The predicted molar refractivity (Wildman–Crippen MR) is 125 cm³/mol. The zero-order chi connectivity index (χ0) is 21.7. The largest absolute Gasteiger partial charge is 0.456 e. The van der Waals surface area contributed by atoms with Crippen molar-refractivity contribution in [3.8, 4) is 0 Å². The molecule has 0 bridgehead atoms. The van der Waals surface area contributed by atoms with Gasteiger partial charge in [-0.2, -0.15) is 0 Å². The fraction of sp³-hybridized carbons (Fsp3) is 0.640. The van der Waals surface area contributed by atoms with Gasteiger partial charge in [0.25, 0.3) is 0 Å². The fourth-order valence-electron chi connectivity index (χ4n) is 3.35. The van der Waals surface area contributed by atoms with E-state index in [1.807, 2.05) is 20.8 Å². The molecule has 28 heavy (non-hydrogen) atoms. The lowest BCUT2D eigenvalue weighted by atomic mass is 9.93. The molecule has 0 aliphatic rings. The maximum atomic E-state index is 12.9. The summed E-state index contributed by atoms with van der Waals surface area (Å²) in [5, 5.41) is 1.21. The summed E-state index contributed by atoms with van der Waals surface area (Å²) in [4.78, 5) is 12.9. The summed E-state index contributed by atoms with van der Waals surface area (Å²) in [5.74, 6) is 0.499. The maximum Gasteiger partial charge on any atom is 0.338 e. The Morgan fingerprint density at radius 3 is 2.25 bits per heavy atom. The van der Waals surface area contributed by atoms with Gasteiger partial charge in [-0.3, -0.25) is 0 Å². The molecule has 0 saturated heterocycles. The van der Waals surface area contributed by atoms with E-state index in [2.05, 4.69) is 65.5 Å². The van der Waals surface area contributed by atoms with Crippen molar-refractivity contribution in [2.24, 2.45) is 5.92 Å². The lowest BCUT2D eigenvalue weighted by molar-refractivity contribution is 0.00708. The monoisotopic (exact) mass is 402 g/mol. The van der Waals surface area contributed by atoms with Gasteiger partial charge in [-0.1, -0.05) is 44.3 Å². The molecule has 0 saturated carbocycles. The van der Waals surface area contributed by atoms with Gasteiger partial charge in [0.1, 0.15) is 5.60 Å². The Kier molecular flexibility index (Phi) is 8.74. The molecular weight excluding hydrogens is 360 g/mol. The summed E-state index contributed by atoms with van der Waals surface area (Å²) in [7, 11) is -1.65. The number of esters is 1. The van der Waals surface area contributed by atoms with Crippen LogP contribution in [0.2, 0.25) is 19.6 Å². The summed E-state index contributed by atoms with van der Waals surface area (Å²) in [5.41, 5.74) is 4.30. The summed E-state index contributed by atoms with van der Waals surface area (Å²) in [6, 6.07) is 4.38. The smallest absolute Gasteiger partial charge is 0.338 e. The van der Waals surface area contributed by atoms with Crippen LogP contribution in [-0.2, 0) is 11.2 Å². The fourth-order valence-corrected chi connectivity index (χ4v) is 4.98. The van der Waals surface area contributed by atoms with Gasteiger partial charge < -0.3 is 4.74 Å². The van der Waals surface area contributed by atoms with Crippen LogP contribution in [-0.4, -0.2) is 19.6 Å². The Balaban J connectivity index is 3.06. The van der Waals surface area contributed by atoms with E-state index < -0.39 is 13.7 Å². The van der Waals surface area contributed by atoms with Gasteiger partial charge in [0, 0.05) is 0 Å². The molecular formula is C25H42O2Si. The van der Waals surface area contributed by atoms with Gasteiger partial charge in [-0.25, -0.2) is 4.79 Å². The number of aryl methyl sites for hydroxylation is 2. The van der Waals surface area contributed by atoms with Crippen LogP contribution >= 0.6 is 0 Å². The van der Waals surface area contributed by atoms with Crippen molar-refractivity contribution in [1.82, 2.24) is 0 Å². The third-order valence-electron chi connectivity index (χ3n) is 5.02. The minimum Gasteiger partial charge on any atom is -0.456 e. The first kappa shape index (κ1) is 24.7. The number of hydrogen-bond acceptors (Lipinski definition) is 2. The van der Waals surface area contributed by atoms with Gasteiger partial charge in [0.15, 0.2) is 0 Å². The average molecular weight is 403 g/mol. The molecule has 0 heterocycles. The third kappa shape index (κ3) is 8.34. The van der Waals surface area contributed by atoms with Crippen LogP contribution in [0.1, 0.15) is 82.3 Å². The van der Waals surface area contributed by atoms with Crippen LogP contribution < -0.4 is 5.19 Å². The number of ether oxygens (including phenoxy) is 1. The first-order valence-electron chi connectivity index (χ1n) is 10.7. The number of carbonyl (C=O) groups is 1. The molecule has 0 aromatic heterocycles. The van der Waals surface area contributed by atoms with Crippen molar-refractivity contribution >= 4 is 19.2 Å². The van der Waals surface area contributed by atoms with E-state index in [1.54, 1.807) is 0 Å². The second kappa shape index (κ2) is 9.91. The quantitative estimate of drug-likeness (QED) is 0.271. The van der Waals surface area contributed by atoms with Gasteiger partial charge in [-0.15, -0.1) is 0 Å². The maximum absolute atomic E-state index is 12.9. The van der Waals surface area contributed by atoms with Crippen molar-refractivity contribution in [2.45, 2.75) is 99.4 Å². The van der Waals surface area contributed by atoms with E-state index in [4.69, 9.17) is 4.74 Å². The molecule has 1 aromatic rings. The zero-order valence-electron chi connectivity index (χ0n) is 20.0. The predicted octanol–water partition coefficient (Wildman–Crippen LogP) is 6.81. The molecule has 0 radical (unpaired) electrons. The van der Waals surface area contributed by atoms with Gasteiger partial charge >= 0.3 is 5.97 Å². The molecule has 1 unspecified atom stereocenters. The summed E-state index contributed by atoms with van der Waals surface area (Å²) >= 11 is 0. The van der Waals surface area contributed by atoms with Crippen molar-refractivity contribution in [1.29, 1.82) is 0 Å². The molecule has 0 fully saturated rings. The first-order valence-corrected chi connectivity index (χ1v) is 14.2. The van der Waals surface area contributed by atoms with Gasteiger partial charge in [0.2, 0.25) is 0 Å². The second-order valence-electron chi connectivity index (χ2n) is 10.6. The SMILES string of the molecule is CC(C)=CCCC(C)CCc1cc(C(=O)OC(C)(C)C)c([Si](C)(C)C)cc1C. The molecule has 1 rings (SSSR count). The van der Waals surface area contributed by atoms with Crippen molar-refractivity contribution in [2.75, 3.05) is 0 Å². The molecule has 0 amide bonds. The minimum absolute atomic E-state index is 0.178. The molecule has 158 valence electrons. The van der Waals surface area contributed by atoms with E-state index >= 15 is 0 Å². The number of benzene rings is 1. The number of allylic oxidation sites excluding steroid dienone is 2. The summed E-state index contributed by atoms with van der Waals surface area (Å²) in [6.45, 7) is 21.5. The average Bonchev–Trinajstić information content (AvgIpc) is 2.50. The topological polar surface area (TPSA) is 26.3 Å². The Hall–Kier alpha value is -1.35. The minimum atomic E-state index is -1.65. The van der Waals surface area contributed by atoms with Crippen molar-refractivity contribution in [3.05, 3.63) is 40.5 Å². The Morgan fingerprint density at radius 2 is 1.75 bits per heavy atom. The zero-order valence-corrected chi connectivity index (χ0v) is 21.0. The van der Waals surface area contributed by atoms with Crippen LogP contribution in [0.4, 0.5) is 0 Å². The highest BCUT2D eigenvalue weighted by Gasteiger charge is 2.27. The lowest BCUT2D eigenvalue weighted by Crippen LogP contribution is -2.43. The number of hydrogen-bond donors (Lipinski definition) is 0. The van der Waals surface area contributed by atoms with Gasteiger partial charge in [-0.05, 0) is 95.5 Å². The van der Waals surface area contributed by atoms with E-state index in [9.17, 15) is 4.79 Å². The van der Waals surface area contributed by atoms with Crippen LogP contribution in [0.15, 0.2) is 23.8 Å². The Morgan fingerprint density at radius 1 is 1.14 bits per heavy atom. The highest BCUT2D eigenvalue weighted by molar-refractivity contribution is 6.89. The van der Waals surface area contributed by atoms with Crippen molar-refractivity contribution in [3.63, 3.8) is 0 Å². The van der Waals surface area contributed by atoms with E-state index in [-0.39, 0.29) is 5.97 Å². The molecule has 3 heteroatoms. The molecule has 0 aliphatic heterocycles. The number of rotatable bonds is 8. The standard InChI is InChI=1S/C25H42O2Si/c1-18(2)12-11-13-19(3)14-15-21-17-22(24(26)27-25(5,6)7)23(16-20(21)4)28(8,9)10/h12,16-17,19H,11,13-15H2,1-10H3. The molecule has 2 nitrogen and oxygen atoms in total. The third-order valence-corrected chi connectivity index (χ3v) is 7.05. The van der Waals surface area contributed by atoms with Crippen molar-refractivity contribution < 1.29 is 9.53 Å². The Labute approximate surface area is 174 Å². The molecule has 0 aliphatic carbocycles. The first-order chi connectivity index (χ1) is 12.7. The second-order valence-corrected chi connectivity index (χ2v) is 15.6. The summed E-state index contributed by atoms with van der Waals surface area (Å²) in [6.07, 6.45) is 6.86. The highest BCUT2D eigenvalue weighted by Crippen LogP contribution is 2.22. The summed E-state index contributed by atoms with van der Waals surface area (Å²) < 4.78 is 5.73. The molecule has 1 atom stereocenters. The van der Waals surface area contributed by atoms with Crippen LogP contribution in [0, 0.1) is 12.8 Å². The lowest BCUT2D eigenvalue weighted by Gasteiger charge is -2.26. The van der Waals surface area contributed by atoms with E-state index in [0.717, 1.165) is 24.8 Å². The number of carbonyl (C=O) groups excluding carboxylic acids is 1. The highest BCUT2D eigenvalue weighted by atomic mass is 28.3. The molecule has 0 spiro atoms. The van der Waals surface area contributed by atoms with Crippen LogP contribution in [0.5, 0.6) is 0 Å². The normalized spacial score (nSPS) is 13.2. The molecule has 0 N–H and O–H groups in total. The van der Waals surface area contributed by atoms with E-state index in [0.29, 0.717) is 5.92 Å². The van der Waals surface area contributed by atoms with Crippen LogP contribution in [0.25, 0.3) is 0 Å².